The largest absolute Gasteiger partial charge is 0.326 e. The number of benzene rings is 2. The fraction of sp³-hybridized carbons (Fsp3) is 0.364. The molecule has 5 heteroatoms. The van der Waals surface area contributed by atoms with Gasteiger partial charge in [-0.1, -0.05) is 19.1 Å². The summed E-state index contributed by atoms with van der Waals surface area (Å²) in [7, 11) is 0. The molecule has 1 aliphatic heterocycles. The first kappa shape index (κ1) is 17.7. The highest BCUT2D eigenvalue weighted by Gasteiger charge is 2.36. The molecule has 1 N–H and O–H groups in total. The Morgan fingerprint density at radius 1 is 1.19 bits per heavy atom. The second-order valence-electron chi connectivity index (χ2n) is 7.58. The molecule has 4 nitrogen and oxygen atoms in total. The van der Waals surface area contributed by atoms with E-state index in [1.165, 1.54) is 12.1 Å². The van der Waals surface area contributed by atoms with Gasteiger partial charge in [0, 0.05) is 29.8 Å². The van der Waals surface area contributed by atoms with Crippen LogP contribution in [0.3, 0.4) is 0 Å². The molecule has 0 radical (unpaired) electrons. The second kappa shape index (κ2) is 7.14. The standard InChI is InChI=1S/C22H23FN2O2/c1-14(12-15-2-6-18(23)7-3-15)21(26)24-19-8-9-20-17(13-19)10-11-25(20)22(27)16-4-5-16/h2-3,6-9,13-14,16H,4-5,10-12H2,1H3,(H,24,26). The fourth-order valence-corrected chi connectivity index (χ4v) is 3.59. The van der Waals surface area contributed by atoms with Crippen molar-refractivity contribution in [1.82, 2.24) is 0 Å². The van der Waals surface area contributed by atoms with Crippen molar-refractivity contribution in [2.45, 2.75) is 32.6 Å². The highest BCUT2D eigenvalue weighted by molar-refractivity contribution is 5.99. The molecule has 0 aromatic heterocycles. The SMILES string of the molecule is CC(Cc1ccc(F)cc1)C(=O)Nc1ccc2c(c1)CCN2C(=O)C1CC1. The van der Waals surface area contributed by atoms with Crippen LogP contribution in [0.15, 0.2) is 42.5 Å². The van der Waals surface area contributed by atoms with Gasteiger partial charge < -0.3 is 10.2 Å². The van der Waals surface area contributed by atoms with E-state index in [1.54, 1.807) is 12.1 Å². The molecule has 2 aromatic carbocycles. The van der Waals surface area contributed by atoms with E-state index in [2.05, 4.69) is 5.32 Å². The van der Waals surface area contributed by atoms with Gasteiger partial charge in [-0.15, -0.1) is 0 Å². The number of anilines is 2. The summed E-state index contributed by atoms with van der Waals surface area (Å²) >= 11 is 0. The number of nitrogens with one attached hydrogen (secondary N) is 1. The third-order valence-electron chi connectivity index (χ3n) is 5.34. The normalized spacial score (nSPS) is 16.7. The molecule has 1 aliphatic carbocycles. The Hall–Kier alpha value is -2.69. The summed E-state index contributed by atoms with van der Waals surface area (Å²) in [5, 5.41) is 2.97. The molecule has 1 atom stereocenters. The molecule has 1 heterocycles. The zero-order valence-corrected chi connectivity index (χ0v) is 15.4. The molecule has 2 aromatic rings. The molecular formula is C22H23FN2O2. The third kappa shape index (κ3) is 3.87. The minimum absolute atomic E-state index is 0.0665. The topological polar surface area (TPSA) is 49.4 Å². The van der Waals surface area contributed by atoms with E-state index in [9.17, 15) is 14.0 Å². The number of nitrogens with zero attached hydrogens (tertiary/aromatic N) is 1. The summed E-state index contributed by atoms with van der Waals surface area (Å²) in [4.78, 5) is 26.7. The number of carbonyl (C=O) groups is 2. The summed E-state index contributed by atoms with van der Waals surface area (Å²) < 4.78 is 13.0. The molecule has 4 rings (SSSR count). The molecule has 1 fully saturated rings. The van der Waals surface area contributed by atoms with Crippen LogP contribution in [0, 0.1) is 17.7 Å². The summed E-state index contributed by atoms with van der Waals surface area (Å²) in [5.74, 6) is -0.121. The first-order chi connectivity index (χ1) is 13.0. The molecule has 0 spiro atoms. The zero-order chi connectivity index (χ0) is 19.0. The van der Waals surface area contributed by atoms with Crippen LogP contribution in [0.5, 0.6) is 0 Å². The zero-order valence-electron chi connectivity index (χ0n) is 15.4. The lowest BCUT2D eigenvalue weighted by Gasteiger charge is -2.18. The maximum atomic E-state index is 13.0. The van der Waals surface area contributed by atoms with Crippen molar-refractivity contribution in [3.05, 3.63) is 59.4 Å². The van der Waals surface area contributed by atoms with E-state index in [0.29, 0.717) is 6.42 Å². The van der Waals surface area contributed by atoms with Crippen LogP contribution in [-0.4, -0.2) is 18.4 Å². The monoisotopic (exact) mass is 366 g/mol. The van der Waals surface area contributed by atoms with Gasteiger partial charge in [0.05, 0.1) is 0 Å². The Kier molecular flexibility index (Phi) is 4.68. The molecule has 1 unspecified atom stereocenters. The minimum Gasteiger partial charge on any atom is -0.326 e. The van der Waals surface area contributed by atoms with Gasteiger partial charge >= 0.3 is 0 Å². The molecule has 2 amide bonds. The van der Waals surface area contributed by atoms with Crippen molar-refractivity contribution >= 4 is 23.2 Å². The van der Waals surface area contributed by atoms with E-state index < -0.39 is 0 Å². The highest BCUT2D eigenvalue weighted by Crippen LogP contribution is 2.37. The quantitative estimate of drug-likeness (QED) is 0.871. The molecule has 140 valence electrons. The number of amides is 2. The maximum Gasteiger partial charge on any atom is 0.230 e. The van der Waals surface area contributed by atoms with Crippen molar-refractivity contribution in [2.75, 3.05) is 16.8 Å². The first-order valence-corrected chi connectivity index (χ1v) is 9.51. The average Bonchev–Trinajstić information content (AvgIpc) is 3.42. The maximum absolute atomic E-state index is 13.0. The Labute approximate surface area is 158 Å². The predicted octanol–water partition coefficient (Wildman–Crippen LogP) is 3.94. The van der Waals surface area contributed by atoms with E-state index in [0.717, 1.165) is 48.3 Å². The van der Waals surface area contributed by atoms with Crippen LogP contribution >= 0.6 is 0 Å². The third-order valence-corrected chi connectivity index (χ3v) is 5.34. The van der Waals surface area contributed by atoms with Gasteiger partial charge in [0.15, 0.2) is 0 Å². The van der Waals surface area contributed by atoms with E-state index in [4.69, 9.17) is 0 Å². The van der Waals surface area contributed by atoms with E-state index in [-0.39, 0.29) is 29.5 Å². The van der Waals surface area contributed by atoms with Gasteiger partial charge in [-0.05, 0) is 67.1 Å². The minimum atomic E-state index is -0.275. The first-order valence-electron chi connectivity index (χ1n) is 9.51. The predicted molar refractivity (Wildman–Crippen MR) is 103 cm³/mol. The number of halogens is 1. The number of carbonyl (C=O) groups excluding carboxylic acids is 2. The average molecular weight is 366 g/mol. The molecule has 0 bridgehead atoms. The lowest BCUT2D eigenvalue weighted by Crippen LogP contribution is -2.30. The van der Waals surface area contributed by atoms with E-state index in [1.807, 2.05) is 30.0 Å². The number of fused-ring (bicyclic) bond motifs is 1. The fourth-order valence-electron chi connectivity index (χ4n) is 3.59. The summed E-state index contributed by atoms with van der Waals surface area (Å²) in [6.45, 7) is 2.59. The van der Waals surface area contributed by atoms with Crippen LogP contribution < -0.4 is 10.2 Å². The summed E-state index contributed by atoms with van der Waals surface area (Å²) in [6, 6.07) is 12.0. The van der Waals surface area contributed by atoms with Gasteiger partial charge in [0.25, 0.3) is 0 Å². The Morgan fingerprint density at radius 3 is 2.63 bits per heavy atom. The van der Waals surface area contributed by atoms with Gasteiger partial charge in [0.1, 0.15) is 5.82 Å². The molecule has 2 aliphatic rings. The van der Waals surface area contributed by atoms with Crippen LogP contribution in [0.25, 0.3) is 0 Å². The van der Waals surface area contributed by atoms with Crippen molar-refractivity contribution in [1.29, 1.82) is 0 Å². The lowest BCUT2D eigenvalue weighted by atomic mass is 10.00. The van der Waals surface area contributed by atoms with Gasteiger partial charge in [-0.25, -0.2) is 4.39 Å². The van der Waals surface area contributed by atoms with Crippen molar-refractivity contribution in [2.24, 2.45) is 11.8 Å². The van der Waals surface area contributed by atoms with Crippen LogP contribution in [0.4, 0.5) is 15.8 Å². The molecule has 27 heavy (non-hydrogen) atoms. The van der Waals surface area contributed by atoms with Crippen LogP contribution in [-0.2, 0) is 22.4 Å². The number of hydrogen-bond acceptors (Lipinski definition) is 2. The molecule has 0 saturated heterocycles. The van der Waals surface area contributed by atoms with Gasteiger partial charge in [0.2, 0.25) is 11.8 Å². The van der Waals surface area contributed by atoms with Crippen LogP contribution in [0.1, 0.15) is 30.9 Å². The summed E-state index contributed by atoms with van der Waals surface area (Å²) in [5.41, 5.74) is 3.77. The number of rotatable bonds is 5. The Morgan fingerprint density at radius 2 is 1.93 bits per heavy atom. The van der Waals surface area contributed by atoms with Crippen LogP contribution in [0.2, 0.25) is 0 Å². The number of hydrogen-bond donors (Lipinski definition) is 1. The van der Waals surface area contributed by atoms with Crippen molar-refractivity contribution in [3.63, 3.8) is 0 Å². The second-order valence-corrected chi connectivity index (χ2v) is 7.58. The molecule has 1 saturated carbocycles. The molecular weight excluding hydrogens is 343 g/mol. The Balaban J connectivity index is 1.40. The van der Waals surface area contributed by atoms with Crippen molar-refractivity contribution in [3.8, 4) is 0 Å². The lowest BCUT2D eigenvalue weighted by molar-refractivity contribution is -0.120. The Bertz CT molecular complexity index is 874. The van der Waals surface area contributed by atoms with Gasteiger partial charge in [-0.3, -0.25) is 9.59 Å². The smallest absolute Gasteiger partial charge is 0.230 e. The highest BCUT2D eigenvalue weighted by atomic mass is 19.1. The van der Waals surface area contributed by atoms with Gasteiger partial charge in [-0.2, -0.15) is 0 Å². The van der Waals surface area contributed by atoms with Crippen molar-refractivity contribution < 1.29 is 14.0 Å². The summed E-state index contributed by atoms with van der Waals surface area (Å²) in [6.07, 6.45) is 3.39. The van der Waals surface area contributed by atoms with E-state index >= 15 is 0 Å².